The molecule has 2 heterocycles. The molecule has 1 aliphatic rings. The van der Waals surface area contributed by atoms with Gasteiger partial charge in [0.15, 0.2) is 0 Å². The van der Waals surface area contributed by atoms with Crippen LogP contribution in [0.2, 0.25) is 0 Å². The third kappa shape index (κ3) is 3.50. The molecule has 1 aromatic rings. The molecule has 1 saturated heterocycles. The molecule has 1 N–H and O–H groups in total. The highest BCUT2D eigenvalue weighted by Gasteiger charge is 2.22. The summed E-state index contributed by atoms with van der Waals surface area (Å²) in [6.45, 7) is 10.3. The van der Waals surface area contributed by atoms with E-state index in [1.165, 1.54) is 15.6 Å². The summed E-state index contributed by atoms with van der Waals surface area (Å²) in [5.41, 5.74) is 1.19. The summed E-state index contributed by atoms with van der Waals surface area (Å²) in [7, 11) is 0. The summed E-state index contributed by atoms with van der Waals surface area (Å²) in [5.74, 6) is 1.24. The summed E-state index contributed by atoms with van der Waals surface area (Å²) in [6, 6.07) is 0. The lowest BCUT2D eigenvalue weighted by atomic mass is 10.1. The maximum Gasteiger partial charge on any atom is 0.0986 e. The number of nitrogens with one attached hydrogen (secondary N) is 1. The first-order chi connectivity index (χ1) is 8.16. The summed E-state index contributed by atoms with van der Waals surface area (Å²) >= 11 is 1.85. The minimum absolute atomic E-state index is 0.539. The zero-order valence-corrected chi connectivity index (χ0v) is 11.8. The molecule has 1 atom stereocenters. The number of ether oxygens (including phenoxy) is 1. The van der Waals surface area contributed by atoms with Crippen molar-refractivity contribution in [3.8, 4) is 0 Å². The van der Waals surface area contributed by atoms with Crippen molar-refractivity contribution in [1.82, 2.24) is 10.3 Å². The Kier molecular flexibility index (Phi) is 4.54. The molecule has 0 amide bonds. The van der Waals surface area contributed by atoms with E-state index in [2.05, 4.69) is 31.1 Å². The van der Waals surface area contributed by atoms with Gasteiger partial charge >= 0.3 is 0 Å². The number of hydrogen-bond donors (Lipinski definition) is 1. The zero-order chi connectivity index (χ0) is 12.3. The van der Waals surface area contributed by atoms with Crippen LogP contribution in [0.5, 0.6) is 0 Å². The van der Waals surface area contributed by atoms with Crippen LogP contribution >= 0.6 is 11.3 Å². The van der Waals surface area contributed by atoms with Gasteiger partial charge in [-0.25, -0.2) is 4.98 Å². The molecule has 4 heteroatoms. The van der Waals surface area contributed by atoms with Gasteiger partial charge < -0.3 is 10.1 Å². The molecule has 2 rings (SSSR count). The number of nitrogens with zero attached hydrogens (tertiary/aromatic N) is 1. The van der Waals surface area contributed by atoms with Crippen LogP contribution in [0.1, 0.15) is 41.8 Å². The summed E-state index contributed by atoms with van der Waals surface area (Å²) in [5, 5.41) is 4.75. The Bertz CT molecular complexity index is 356. The van der Waals surface area contributed by atoms with Crippen molar-refractivity contribution in [2.24, 2.45) is 5.92 Å². The number of aryl methyl sites for hydroxylation is 1. The minimum Gasteiger partial charge on any atom is -0.381 e. The highest BCUT2D eigenvalue weighted by atomic mass is 32.1. The molecule has 0 radical (unpaired) electrons. The van der Waals surface area contributed by atoms with Crippen LogP contribution < -0.4 is 5.32 Å². The normalized spacial score (nSPS) is 20.4. The molecular formula is C13H22N2OS. The Labute approximate surface area is 108 Å². The first-order valence-electron chi connectivity index (χ1n) is 6.41. The zero-order valence-electron chi connectivity index (χ0n) is 11.0. The van der Waals surface area contributed by atoms with Crippen LogP contribution in [0.25, 0.3) is 0 Å². The van der Waals surface area contributed by atoms with E-state index in [0.717, 1.165) is 32.7 Å². The number of rotatable bonds is 5. The van der Waals surface area contributed by atoms with Gasteiger partial charge in [-0.05, 0) is 25.8 Å². The minimum atomic E-state index is 0.539. The molecule has 1 aliphatic heterocycles. The summed E-state index contributed by atoms with van der Waals surface area (Å²) < 4.78 is 5.42. The van der Waals surface area contributed by atoms with Crippen LogP contribution in [0.15, 0.2) is 0 Å². The Balaban J connectivity index is 1.93. The van der Waals surface area contributed by atoms with Gasteiger partial charge in [-0.3, -0.25) is 0 Å². The molecule has 96 valence electrons. The Morgan fingerprint density at radius 2 is 2.35 bits per heavy atom. The smallest absolute Gasteiger partial charge is 0.0986 e. The average Bonchev–Trinajstić information content (AvgIpc) is 2.87. The molecule has 1 unspecified atom stereocenters. The predicted molar refractivity (Wildman–Crippen MR) is 71.6 cm³/mol. The second-order valence-electron chi connectivity index (χ2n) is 5.15. The topological polar surface area (TPSA) is 34.1 Å². The van der Waals surface area contributed by atoms with Crippen molar-refractivity contribution in [1.29, 1.82) is 0 Å². The molecular weight excluding hydrogens is 232 g/mol. The monoisotopic (exact) mass is 254 g/mol. The highest BCUT2D eigenvalue weighted by Crippen LogP contribution is 2.30. The van der Waals surface area contributed by atoms with E-state index >= 15 is 0 Å². The van der Waals surface area contributed by atoms with Crippen molar-refractivity contribution < 1.29 is 4.74 Å². The van der Waals surface area contributed by atoms with Gasteiger partial charge in [0.2, 0.25) is 0 Å². The van der Waals surface area contributed by atoms with E-state index in [1.54, 1.807) is 0 Å². The van der Waals surface area contributed by atoms with Crippen LogP contribution in [0, 0.1) is 12.8 Å². The lowest BCUT2D eigenvalue weighted by Gasteiger charge is -2.05. The molecule has 0 aliphatic carbocycles. The predicted octanol–water partition coefficient (Wildman–Crippen LogP) is 2.70. The lowest BCUT2D eigenvalue weighted by Crippen LogP contribution is -2.18. The van der Waals surface area contributed by atoms with Crippen molar-refractivity contribution in [3.63, 3.8) is 0 Å². The van der Waals surface area contributed by atoms with Gasteiger partial charge in [0.05, 0.1) is 17.3 Å². The average molecular weight is 254 g/mol. The number of thiazole rings is 1. The molecule has 17 heavy (non-hydrogen) atoms. The summed E-state index contributed by atoms with van der Waals surface area (Å²) in [4.78, 5) is 6.07. The maximum atomic E-state index is 5.42. The third-order valence-electron chi connectivity index (χ3n) is 3.03. The van der Waals surface area contributed by atoms with Gasteiger partial charge in [-0.2, -0.15) is 0 Å². The molecule has 3 nitrogen and oxygen atoms in total. The van der Waals surface area contributed by atoms with E-state index in [0.29, 0.717) is 11.8 Å². The van der Waals surface area contributed by atoms with E-state index in [1.807, 2.05) is 11.3 Å². The lowest BCUT2D eigenvalue weighted by molar-refractivity contribution is 0.194. The van der Waals surface area contributed by atoms with E-state index in [9.17, 15) is 0 Å². The summed E-state index contributed by atoms with van der Waals surface area (Å²) in [6.07, 6.45) is 1.13. The SMILES string of the molecule is Cc1nc(C2CCOC2)sc1CNCC(C)C. The number of hydrogen-bond acceptors (Lipinski definition) is 4. The Morgan fingerprint density at radius 1 is 1.53 bits per heavy atom. The first kappa shape index (κ1) is 13.0. The standard InChI is InChI=1S/C13H22N2OS/c1-9(2)6-14-7-12-10(3)15-13(17-12)11-4-5-16-8-11/h9,11,14H,4-8H2,1-3H3. The Morgan fingerprint density at radius 3 is 3.00 bits per heavy atom. The first-order valence-corrected chi connectivity index (χ1v) is 7.23. The van der Waals surface area contributed by atoms with Gasteiger partial charge in [-0.15, -0.1) is 11.3 Å². The molecule has 0 bridgehead atoms. The van der Waals surface area contributed by atoms with Gasteiger partial charge in [-0.1, -0.05) is 13.8 Å². The third-order valence-corrected chi connectivity index (χ3v) is 4.35. The van der Waals surface area contributed by atoms with Crippen molar-refractivity contribution in [3.05, 3.63) is 15.6 Å². The largest absolute Gasteiger partial charge is 0.381 e. The van der Waals surface area contributed by atoms with E-state index < -0.39 is 0 Å². The second-order valence-corrected chi connectivity index (χ2v) is 6.26. The Hall–Kier alpha value is -0.450. The fourth-order valence-electron chi connectivity index (χ4n) is 1.99. The van der Waals surface area contributed by atoms with Crippen LogP contribution in [-0.2, 0) is 11.3 Å². The molecule has 0 spiro atoms. The van der Waals surface area contributed by atoms with Crippen LogP contribution in [-0.4, -0.2) is 24.7 Å². The van der Waals surface area contributed by atoms with Crippen LogP contribution in [0.4, 0.5) is 0 Å². The fourth-order valence-corrected chi connectivity index (χ4v) is 3.15. The maximum absolute atomic E-state index is 5.42. The van der Waals surface area contributed by atoms with Gasteiger partial charge in [0.1, 0.15) is 0 Å². The van der Waals surface area contributed by atoms with Crippen molar-refractivity contribution in [2.45, 2.75) is 39.7 Å². The molecule has 0 saturated carbocycles. The number of aromatic nitrogens is 1. The quantitative estimate of drug-likeness (QED) is 0.877. The van der Waals surface area contributed by atoms with Crippen molar-refractivity contribution in [2.75, 3.05) is 19.8 Å². The fraction of sp³-hybridized carbons (Fsp3) is 0.769. The van der Waals surface area contributed by atoms with Gasteiger partial charge in [0.25, 0.3) is 0 Å². The highest BCUT2D eigenvalue weighted by molar-refractivity contribution is 7.11. The van der Waals surface area contributed by atoms with E-state index in [4.69, 9.17) is 4.74 Å². The molecule has 1 fully saturated rings. The second kappa shape index (κ2) is 5.94. The van der Waals surface area contributed by atoms with E-state index in [-0.39, 0.29) is 0 Å². The van der Waals surface area contributed by atoms with Gasteiger partial charge in [0, 0.05) is 23.9 Å². The van der Waals surface area contributed by atoms with Crippen molar-refractivity contribution >= 4 is 11.3 Å². The van der Waals surface area contributed by atoms with Crippen LogP contribution in [0.3, 0.4) is 0 Å². The molecule has 1 aromatic heterocycles. The molecule has 0 aromatic carbocycles.